The van der Waals surface area contributed by atoms with E-state index >= 15 is 0 Å². The number of carbonyl (C=O) groups excluding carboxylic acids is 2. The Morgan fingerprint density at radius 1 is 1.40 bits per heavy atom. The SMILES string of the molecule is COC1=CC(=O)[C@@H]2CC=CC[C@@]2(C)C1=O. The number of hydrogen-bond acceptors (Lipinski definition) is 3. The molecule has 0 radical (unpaired) electrons. The first kappa shape index (κ1) is 10.1. The second kappa shape index (κ2) is 3.33. The number of fused-ring (bicyclic) bond motifs is 1. The first-order chi connectivity index (χ1) is 7.09. The van der Waals surface area contributed by atoms with Crippen LogP contribution in [0.15, 0.2) is 24.0 Å². The maximum absolute atomic E-state index is 12.1. The van der Waals surface area contributed by atoms with Crippen LogP contribution in [0.3, 0.4) is 0 Å². The zero-order valence-electron chi connectivity index (χ0n) is 8.95. The van der Waals surface area contributed by atoms with E-state index in [0.29, 0.717) is 12.8 Å². The van der Waals surface area contributed by atoms with E-state index in [-0.39, 0.29) is 23.2 Å². The van der Waals surface area contributed by atoms with Crippen molar-refractivity contribution in [3.05, 3.63) is 24.0 Å². The molecule has 0 saturated carbocycles. The van der Waals surface area contributed by atoms with Gasteiger partial charge in [-0.2, -0.15) is 0 Å². The van der Waals surface area contributed by atoms with Crippen LogP contribution >= 0.6 is 0 Å². The molecule has 0 bridgehead atoms. The van der Waals surface area contributed by atoms with Crippen LogP contribution in [0.4, 0.5) is 0 Å². The van der Waals surface area contributed by atoms with Crippen LogP contribution in [0.5, 0.6) is 0 Å². The minimum Gasteiger partial charge on any atom is -0.493 e. The monoisotopic (exact) mass is 206 g/mol. The van der Waals surface area contributed by atoms with Crippen molar-refractivity contribution in [1.29, 1.82) is 0 Å². The number of Topliss-reactive ketones (excluding diaryl/α,β-unsaturated/α-hetero) is 1. The summed E-state index contributed by atoms with van der Waals surface area (Å²) in [4.78, 5) is 23.9. The van der Waals surface area contributed by atoms with Gasteiger partial charge in [0.25, 0.3) is 0 Å². The Kier molecular flexibility index (Phi) is 2.25. The third-order valence-corrected chi connectivity index (χ3v) is 3.43. The molecular formula is C12H14O3. The van der Waals surface area contributed by atoms with Gasteiger partial charge in [-0.05, 0) is 12.8 Å². The Labute approximate surface area is 88.8 Å². The number of hydrogen-bond donors (Lipinski definition) is 0. The summed E-state index contributed by atoms with van der Waals surface area (Å²) in [6, 6.07) is 0. The zero-order valence-corrected chi connectivity index (χ0v) is 8.95. The van der Waals surface area contributed by atoms with Crippen molar-refractivity contribution in [2.24, 2.45) is 11.3 Å². The lowest BCUT2D eigenvalue weighted by atomic mass is 9.63. The third kappa shape index (κ3) is 1.34. The Hall–Kier alpha value is -1.38. The summed E-state index contributed by atoms with van der Waals surface area (Å²) in [7, 11) is 1.43. The molecule has 0 aromatic heterocycles. The van der Waals surface area contributed by atoms with Crippen molar-refractivity contribution in [2.45, 2.75) is 19.8 Å². The van der Waals surface area contributed by atoms with E-state index in [1.54, 1.807) is 0 Å². The fourth-order valence-corrected chi connectivity index (χ4v) is 2.37. The van der Waals surface area contributed by atoms with Gasteiger partial charge in [0, 0.05) is 17.4 Å². The van der Waals surface area contributed by atoms with Crippen molar-refractivity contribution < 1.29 is 14.3 Å². The van der Waals surface area contributed by atoms with Crippen LogP contribution in [0.1, 0.15) is 19.8 Å². The summed E-state index contributed by atoms with van der Waals surface area (Å²) < 4.78 is 4.95. The van der Waals surface area contributed by atoms with Crippen molar-refractivity contribution in [3.8, 4) is 0 Å². The summed E-state index contributed by atoms with van der Waals surface area (Å²) in [6.07, 6.45) is 6.58. The van der Waals surface area contributed by atoms with Gasteiger partial charge in [0.1, 0.15) is 0 Å². The minimum absolute atomic E-state index is 0.0123. The molecule has 0 fully saturated rings. The predicted octanol–water partition coefficient (Wildman–Crippen LogP) is 1.64. The van der Waals surface area contributed by atoms with Crippen molar-refractivity contribution in [3.63, 3.8) is 0 Å². The molecule has 2 aliphatic rings. The van der Waals surface area contributed by atoms with E-state index in [4.69, 9.17) is 4.74 Å². The Bertz CT molecular complexity index is 378. The van der Waals surface area contributed by atoms with E-state index in [9.17, 15) is 9.59 Å². The molecule has 15 heavy (non-hydrogen) atoms. The molecule has 2 rings (SSSR count). The molecule has 0 aromatic rings. The summed E-state index contributed by atoms with van der Waals surface area (Å²) in [5.74, 6) is -0.0276. The Morgan fingerprint density at radius 3 is 2.80 bits per heavy atom. The third-order valence-electron chi connectivity index (χ3n) is 3.43. The van der Waals surface area contributed by atoms with Gasteiger partial charge < -0.3 is 4.74 Å². The normalized spacial score (nSPS) is 34.8. The molecule has 80 valence electrons. The van der Waals surface area contributed by atoms with Crippen molar-refractivity contribution in [1.82, 2.24) is 0 Å². The highest BCUT2D eigenvalue weighted by molar-refractivity contribution is 6.11. The number of methoxy groups -OCH3 is 1. The summed E-state index contributed by atoms with van der Waals surface area (Å²) >= 11 is 0. The molecule has 0 spiro atoms. The molecule has 2 atom stereocenters. The highest BCUT2D eigenvalue weighted by Gasteiger charge is 2.49. The zero-order chi connectivity index (χ0) is 11.1. The number of ether oxygens (including phenoxy) is 1. The number of rotatable bonds is 1. The number of carbonyl (C=O) groups is 2. The summed E-state index contributed by atoms with van der Waals surface area (Å²) in [5.41, 5.74) is -0.591. The smallest absolute Gasteiger partial charge is 0.204 e. The van der Waals surface area contributed by atoms with E-state index < -0.39 is 5.41 Å². The lowest BCUT2D eigenvalue weighted by molar-refractivity contribution is -0.139. The number of allylic oxidation sites excluding steroid dienone is 4. The average molecular weight is 206 g/mol. The minimum atomic E-state index is -0.591. The second-order valence-electron chi connectivity index (χ2n) is 4.33. The van der Waals surface area contributed by atoms with Gasteiger partial charge in [0.15, 0.2) is 11.5 Å². The first-order valence-electron chi connectivity index (χ1n) is 5.09. The van der Waals surface area contributed by atoms with E-state index in [1.165, 1.54) is 13.2 Å². The Balaban J connectivity index is 2.46. The van der Waals surface area contributed by atoms with Crippen molar-refractivity contribution >= 4 is 11.6 Å². The largest absolute Gasteiger partial charge is 0.493 e. The number of ketones is 2. The van der Waals surface area contributed by atoms with Gasteiger partial charge >= 0.3 is 0 Å². The molecule has 0 heterocycles. The van der Waals surface area contributed by atoms with Crippen LogP contribution < -0.4 is 0 Å². The van der Waals surface area contributed by atoms with E-state index in [1.807, 2.05) is 19.1 Å². The second-order valence-corrected chi connectivity index (χ2v) is 4.33. The van der Waals surface area contributed by atoms with Gasteiger partial charge in [-0.15, -0.1) is 0 Å². The van der Waals surface area contributed by atoms with E-state index in [0.717, 1.165) is 0 Å². The molecule has 0 aliphatic heterocycles. The van der Waals surface area contributed by atoms with Crippen LogP contribution in [-0.2, 0) is 14.3 Å². The maximum atomic E-state index is 12.1. The molecule has 3 heteroatoms. The predicted molar refractivity (Wildman–Crippen MR) is 55.1 cm³/mol. The standard InChI is InChI=1S/C12H14O3/c1-12-6-4-3-5-8(12)9(13)7-10(15-2)11(12)14/h3-4,7-8H,5-6H2,1-2H3/t8-,12+/m0/s1. The van der Waals surface area contributed by atoms with E-state index in [2.05, 4.69) is 0 Å². The van der Waals surface area contributed by atoms with Crippen LogP contribution in [-0.4, -0.2) is 18.7 Å². The highest BCUT2D eigenvalue weighted by atomic mass is 16.5. The van der Waals surface area contributed by atoms with Gasteiger partial charge in [0.2, 0.25) is 5.78 Å². The molecule has 0 saturated heterocycles. The first-order valence-corrected chi connectivity index (χ1v) is 5.09. The van der Waals surface area contributed by atoms with Gasteiger partial charge in [-0.1, -0.05) is 19.1 Å². The quantitative estimate of drug-likeness (QED) is 0.612. The van der Waals surface area contributed by atoms with Crippen molar-refractivity contribution in [2.75, 3.05) is 7.11 Å². The molecule has 3 nitrogen and oxygen atoms in total. The molecule has 0 N–H and O–H groups in total. The van der Waals surface area contributed by atoms with Gasteiger partial charge in [-0.25, -0.2) is 0 Å². The molecule has 2 aliphatic carbocycles. The summed E-state index contributed by atoms with van der Waals surface area (Å²) in [6.45, 7) is 1.85. The molecule has 0 amide bonds. The Morgan fingerprint density at radius 2 is 2.13 bits per heavy atom. The van der Waals surface area contributed by atoms with Gasteiger partial charge in [0.05, 0.1) is 7.11 Å². The van der Waals surface area contributed by atoms with Crippen LogP contribution in [0.2, 0.25) is 0 Å². The maximum Gasteiger partial charge on any atom is 0.204 e. The molecule has 0 unspecified atom stereocenters. The lowest BCUT2D eigenvalue weighted by Gasteiger charge is -2.38. The summed E-state index contributed by atoms with van der Waals surface area (Å²) in [5, 5.41) is 0. The van der Waals surface area contributed by atoms with Crippen LogP contribution in [0, 0.1) is 11.3 Å². The topological polar surface area (TPSA) is 43.4 Å². The van der Waals surface area contributed by atoms with Gasteiger partial charge in [-0.3, -0.25) is 9.59 Å². The highest BCUT2D eigenvalue weighted by Crippen LogP contribution is 2.43. The fourth-order valence-electron chi connectivity index (χ4n) is 2.37. The fraction of sp³-hybridized carbons (Fsp3) is 0.500. The van der Waals surface area contributed by atoms with Crippen LogP contribution in [0.25, 0.3) is 0 Å². The average Bonchev–Trinajstić information content (AvgIpc) is 2.24. The molecule has 0 aromatic carbocycles. The lowest BCUT2D eigenvalue weighted by Crippen LogP contribution is -2.45. The molecular weight excluding hydrogens is 192 g/mol.